The number of carbonyl (C=O) groups excluding carboxylic acids is 2. The number of halogens is 1. The van der Waals surface area contributed by atoms with Gasteiger partial charge >= 0.3 is 0 Å². The van der Waals surface area contributed by atoms with Gasteiger partial charge in [-0.1, -0.05) is 49.7 Å². The summed E-state index contributed by atoms with van der Waals surface area (Å²) in [5, 5.41) is 0.580. The van der Waals surface area contributed by atoms with Crippen molar-refractivity contribution in [3.63, 3.8) is 0 Å². The van der Waals surface area contributed by atoms with Crippen molar-refractivity contribution in [1.82, 2.24) is 15.2 Å². The number of benzene rings is 2. The van der Waals surface area contributed by atoms with Crippen LogP contribution in [0.2, 0.25) is 5.02 Å². The molecule has 2 rings (SSSR count). The van der Waals surface area contributed by atoms with Crippen molar-refractivity contribution in [2.45, 2.75) is 25.2 Å². The van der Waals surface area contributed by atoms with E-state index in [0.717, 1.165) is 5.56 Å². The predicted molar refractivity (Wildman–Crippen MR) is 117 cm³/mol. The van der Waals surface area contributed by atoms with E-state index in [-0.39, 0.29) is 17.2 Å². The summed E-state index contributed by atoms with van der Waals surface area (Å²) in [7, 11) is -3.52. The highest BCUT2D eigenvalue weighted by Gasteiger charge is 2.20. The molecule has 0 saturated carbocycles. The summed E-state index contributed by atoms with van der Waals surface area (Å²) in [6, 6.07) is 13.0. The Morgan fingerprint density at radius 3 is 2.13 bits per heavy atom. The van der Waals surface area contributed by atoms with Crippen LogP contribution in [-0.4, -0.2) is 37.6 Å². The maximum Gasteiger partial charge on any atom is 0.262 e. The molecule has 160 valence electrons. The molecule has 0 heterocycles. The number of nitrogens with one attached hydrogen (secondary N) is 2. The number of carbonyl (C=O) groups is 2. The van der Waals surface area contributed by atoms with Crippen molar-refractivity contribution < 1.29 is 18.0 Å². The zero-order valence-corrected chi connectivity index (χ0v) is 18.3. The van der Waals surface area contributed by atoms with E-state index in [0.29, 0.717) is 23.7 Å². The molecule has 2 N–H and O–H groups in total. The van der Waals surface area contributed by atoms with Gasteiger partial charge in [0, 0.05) is 24.2 Å². The third-order valence-corrected chi connectivity index (χ3v) is 6.57. The zero-order chi connectivity index (χ0) is 22.1. The maximum absolute atomic E-state index is 12.5. The van der Waals surface area contributed by atoms with E-state index in [4.69, 9.17) is 11.6 Å². The van der Waals surface area contributed by atoms with Gasteiger partial charge in [-0.15, -0.1) is 0 Å². The van der Waals surface area contributed by atoms with Crippen LogP contribution in [0.3, 0.4) is 0 Å². The molecule has 2 aromatic rings. The number of amides is 2. The lowest BCUT2D eigenvalue weighted by molar-refractivity contribution is -0.126. The van der Waals surface area contributed by atoms with Crippen LogP contribution < -0.4 is 10.9 Å². The number of rotatable bonds is 8. The van der Waals surface area contributed by atoms with E-state index in [1.54, 1.807) is 50.2 Å². The van der Waals surface area contributed by atoms with E-state index < -0.39 is 15.9 Å². The van der Waals surface area contributed by atoms with Crippen LogP contribution in [0.4, 0.5) is 0 Å². The lowest BCUT2D eigenvalue weighted by atomic mass is 10.1. The third kappa shape index (κ3) is 6.69. The molecule has 2 amide bonds. The van der Waals surface area contributed by atoms with Gasteiger partial charge in [-0.05, 0) is 41.5 Å². The van der Waals surface area contributed by atoms with Crippen LogP contribution in [-0.2, 0) is 26.0 Å². The van der Waals surface area contributed by atoms with Crippen molar-refractivity contribution in [2.75, 3.05) is 13.1 Å². The largest absolute Gasteiger partial charge is 0.273 e. The first-order chi connectivity index (χ1) is 14.3. The normalized spacial score (nSPS) is 11.6. The Kier molecular flexibility index (Phi) is 8.58. The quantitative estimate of drug-likeness (QED) is 0.478. The molecule has 7 nitrogen and oxygen atoms in total. The van der Waals surface area contributed by atoms with Crippen LogP contribution >= 0.6 is 11.6 Å². The molecule has 9 heteroatoms. The van der Waals surface area contributed by atoms with Crippen molar-refractivity contribution in [3.05, 3.63) is 70.8 Å². The molecule has 0 fully saturated rings. The van der Waals surface area contributed by atoms with Gasteiger partial charge in [0.25, 0.3) is 5.91 Å². The van der Waals surface area contributed by atoms with Gasteiger partial charge in [0.05, 0.1) is 11.3 Å². The summed E-state index contributed by atoms with van der Waals surface area (Å²) in [4.78, 5) is 23.9. The first-order valence-corrected chi connectivity index (χ1v) is 11.2. The van der Waals surface area contributed by atoms with Gasteiger partial charge in [-0.3, -0.25) is 20.4 Å². The molecular formula is C21H24ClN3O4S. The lowest BCUT2D eigenvalue weighted by Gasteiger charge is -2.18. The second kappa shape index (κ2) is 10.9. The molecule has 0 aliphatic carbocycles. The molecule has 0 aliphatic heterocycles. The Morgan fingerprint density at radius 1 is 0.967 bits per heavy atom. The third-order valence-electron chi connectivity index (χ3n) is 4.25. The fraction of sp³-hybridized carbons (Fsp3) is 0.238. The highest BCUT2D eigenvalue weighted by atomic mass is 35.5. The Balaban J connectivity index is 1.88. The molecule has 0 bridgehead atoms. The van der Waals surface area contributed by atoms with Gasteiger partial charge in [-0.25, -0.2) is 8.42 Å². The topological polar surface area (TPSA) is 95.6 Å². The van der Waals surface area contributed by atoms with Crippen LogP contribution in [0.5, 0.6) is 0 Å². The molecular weight excluding hydrogens is 426 g/mol. The van der Waals surface area contributed by atoms with Crippen molar-refractivity contribution in [3.8, 4) is 0 Å². The zero-order valence-electron chi connectivity index (χ0n) is 16.8. The summed E-state index contributed by atoms with van der Waals surface area (Å²) >= 11 is 5.80. The number of nitrogens with zero attached hydrogens (tertiary/aromatic N) is 1. The molecule has 0 spiro atoms. The fourth-order valence-corrected chi connectivity index (χ4v) is 4.22. The smallest absolute Gasteiger partial charge is 0.262 e. The van der Waals surface area contributed by atoms with E-state index in [9.17, 15) is 18.0 Å². The molecule has 2 aromatic carbocycles. The van der Waals surface area contributed by atoms with Gasteiger partial charge in [0.2, 0.25) is 15.9 Å². The molecule has 0 aliphatic rings. The number of hydrogen-bond acceptors (Lipinski definition) is 4. The van der Waals surface area contributed by atoms with Crippen LogP contribution in [0, 0.1) is 0 Å². The summed E-state index contributed by atoms with van der Waals surface area (Å²) in [5.74, 6) is -0.885. The molecule has 0 atom stereocenters. The highest BCUT2D eigenvalue weighted by molar-refractivity contribution is 7.89. The second-order valence-corrected chi connectivity index (χ2v) is 8.71. The summed E-state index contributed by atoms with van der Waals surface area (Å²) in [5.41, 5.74) is 6.04. The fourth-order valence-electron chi connectivity index (χ4n) is 2.64. The van der Waals surface area contributed by atoms with Crippen LogP contribution in [0.15, 0.2) is 59.5 Å². The predicted octanol–water partition coefficient (Wildman–Crippen LogP) is 2.77. The van der Waals surface area contributed by atoms with Crippen molar-refractivity contribution in [1.29, 1.82) is 0 Å². The van der Waals surface area contributed by atoms with Gasteiger partial charge in [0.1, 0.15) is 0 Å². The van der Waals surface area contributed by atoms with Crippen LogP contribution in [0.1, 0.15) is 25.0 Å². The summed E-state index contributed by atoms with van der Waals surface area (Å²) in [6.07, 6.45) is 2.87. The highest BCUT2D eigenvalue weighted by Crippen LogP contribution is 2.16. The van der Waals surface area contributed by atoms with Gasteiger partial charge in [-0.2, -0.15) is 4.31 Å². The average molecular weight is 450 g/mol. The Labute approximate surface area is 181 Å². The molecule has 0 unspecified atom stereocenters. The van der Waals surface area contributed by atoms with E-state index in [1.165, 1.54) is 28.6 Å². The SMILES string of the molecule is CCN(CC)S(=O)(=O)c1ccc(/C=C/C(=O)NNC(=O)Cc2ccc(Cl)cc2)cc1. The Hall–Kier alpha value is -2.68. The van der Waals surface area contributed by atoms with E-state index >= 15 is 0 Å². The minimum absolute atomic E-state index is 0.101. The molecule has 0 saturated heterocycles. The minimum Gasteiger partial charge on any atom is -0.273 e. The van der Waals surface area contributed by atoms with E-state index in [2.05, 4.69) is 10.9 Å². The maximum atomic E-state index is 12.5. The lowest BCUT2D eigenvalue weighted by Crippen LogP contribution is -2.41. The summed E-state index contributed by atoms with van der Waals surface area (Å²) < 4.78 is 26.3. The minimum atomic E-state index is -3.52. The molecule has 30 heavy (non-hydrogen) atoms. The first-order valence-electron chi connectivity index (χ1n) is 9.37. The summed E-state index contributed by atoms with van der Waals surface area (Å²) in [6.45, 7) is 4.35. The monoisotopic (exact) mass is 449 g/mol. The average Bonchev–Trinajstić information content (AvgIpc) is 2.73. The number of hydrogen-bond donors (Lipinski definition) is 2. The standard InChI is InChI=1S/C21H24ClN3O4S/c1-3-25(4-2)30(28,29)19-12-7-16(8-13-19)9-14-20(26)23-24-21(27)15-17-5-10-18(22)11-6-17/h5-14H,3-4,15H2,1-2H3,(H,23,26)(H,24,27)/b14-9+. The molecule has 0 aromatic heterocycles. The first kappa shape index (κ1) is 23.6. The van der Waals surface area contributed by atoms with Gasteiger partial charge < -0.3 is 0 Å². The second-order valence-electron chi connectivity index (χ2n) is 6.33. The number of hydrazine groups is 1. The Morgan fingerprint density at radius 2 is 1.57 bits per heavy atom. The molecule has 0 radical (unpaired) electrons. The van der Waals surface area contributed by atoms with Crippen molar-refractivity contribution >= 4 is 39.5 Å². The number of sulfonamides is 1. The Bertz CT molecular complexity index is 1000. The van der Waals surface area contributed by atoms with Gasteiger partial charge in [0.15, 0.2) is 0 Å². The van der Waals surface area contributed by atoms with Crippen LogP contribution in [0.25, 0.3) is 6.08 Å². The van der Waals surface area contributed by atoms with E-state index in [1.807, 2.05) is 0 Å². The van der Waals surface area contributed by atoms with Crippen molar-refractivity contribution in [2.24, 2.45) is 0 Å².